The van der Waals surface area contributed by atoms with Gasteiger partial charge in [0.15, 0.2) is 0 Å². The Bertz CT molecular complexity index is 367. The average Bonchev–Trinajstić information content (AvgIpc) is 2.35. The second-order valence-electron chi connectivity index (χ2n) is 6.16. The summed E-state index contributed by atoms with van der Waals surface area (Å²) in [6.45, 7) is 12.1. The van der Waals surface area contributed by atoms with Crippen molar-refractivity contribution in [3.05, 3.63) is 23.8 Å². The van der Waals surface area contributed by atoms with Gasteiger partial charge in [-0.25, -0.2) is 0 Å². The third kappa shape index (κ3) is 9.43. The van der Waals surface area contributed by atoms with Gasteiger partial charge in [0.25, 0.3) is 0 Å². The van der Waals surface area contributed by atoms with Crippen LogP contribution in [0, 0.1) is 0 Å². The van der Waals surface area contributed by atoms with Gasteiger partial charge in [-0.15, -0.1) is 0 Å². The van der Waals surface area contributed by atoms with Crippen LogP contribution in [0.3, 0.4) is 0 Å². The van der Waals surface area contributed by atoms with Gasteiger partial charge in [-0.1, -0.05) is 25.2 Å². The zero-order valence-corrected chi connectivity index (χ0v) is 14.5. The van der Waals surface area contributed by atoms with Crippen LogP contribution in [0.15, 0.2) is 23.8 Å². The Hall–Kier alpha value is -1.13. The van der Waals surface area contributed by atoms with Gasteiger partial charge in [0, 0.05) is 0 Å². The molecule has 0 heterocycles. The first-order valence-electron chi connectivity index (χ1n) is 7.55. The molecule has 0 aliphatic rings. The van der Waals surface area contributed by atoms with Crippen molar-refractivity contribution in [2.75, 3.05) is 13.7 Å². The van der Waals surface area contributed by atoms with Crippen LogP contribution in [0.2, 0.25) is 0 Å². The van der Waals surface area contributed by atoms with Crippen molar-refractivity contribution >= 4 is 5.97 Å². The van der Waals surface area contributed by atoms with E-state index in [1.165, 1.54) is 0 Å². The smallest absolute Gasteiger partial charge is 0.326 e. The molecule has 4 nitrogen and oxygen atoms in total. The minimum Gasteiger partial charge on any atom is -0.460 e. The summed E-state index contributed by atoms with van der Waals surface area (Å²) < 4.78 is 11.1. The fraction of sp³-hybridized carbons (Fsp3) is 0.706. The molecule has 0 saturated heterocycles. The number of esters is 1. The SMILES string of the molecule is CC/C=C\C=C(/C)COC(=O)C(NC)C(C)OC(C)(C)C. The highest BCUT2D eigenvalue weighted by Crippen LogP contribution is 2.14. The van der Waals surface area contributed by atoms with Crippen molar-refractivity contribution in [2.24, 2.45) is 0 Å². The first-order chi connectivity index (χ1) is 9.71. The second kappa shape index (κ2) is 9.74. The van der Waals surface area contributed by atoms with Crippen LogP contribution in [0.25, 0.3) is 0 Å². The predicted octanol–water partition coefficient (Wildman–Crippen LogP) is 3.23. The van der Waals surface area contributed by atoms with Crippen molar-refractivity contribution in [1.82, 2.24) is 5.32 Å². The summed E-state index contributed by atoms with van der Waals surface area (Å²) >= 11 is 0. The normalized spacial score (nSPS) is 16.0. The van der Waals surface area contributed by atoms with E-state index in [0.717, 1.165) is 12.0 Å². The molecule has 0 aliphatic heterocycles. The minimum absolute atomic E-state index is 0.258. The number of hydrogen-bond donors (Lipinski definition) is 1. The summed E-state index contributed by atoms with van der Waals surface area (Å²) in [5.74, 6) is -0.290. The Kier molecular flexibility index (Phi) is 9.22. The van der Waals surface area contributed by atoms with E-state index in [4.69, 9.17) is 9.47 Å². The fourth-order valence-electron chi connectivity index (χ4n) is 1.86. The molecule has 0 aromatic carbocycles. The molecule has 0 aromatic rings. The van der Waals surface area contributed by atoms with E-state index < -0.39 is 6.04 Å². The maximum Gasteiger partial charge on any atom is 0.326 e. The number of hydrogen-bond acceptors (Lipinski definition) is 4. The van der Waals surface area contributed by atoms with Crippen LogP contribution in [-0.4, -0.2) is 37.4 Å². The Morgan fingerprint density at radius 1 is 1.33 bits per heavy atom. The fourth-order valence-corrected chi connectivity index (χ4v) is 1.86. The van der Waals surface area contributed by atoms with E-state index in [9.17, 15) is 4.79 Å². The van der Waals surface area contributed by atoms with E-state index in [0.29, 0.717) is 6.61 Å². The van der Waals surface area contributed by atoms with Gasteiger partial charge in [-0.3, -0.25) is 4.79 Å². The van der Waals surface area contributed by atoms with Gasteiger partial charge in [0.1, 0.15) is 12.6 Å². The summed E-state index contributed by atoms with van der Waals surface area (Å²) in [5.41, 5.74) is 0.711. The summed E-state index contributed by atoms with van der Waals surface area (Å²) in [7, 11) is 1.74. The van der Waals surface area contributed by atoms with Crippen LogP contribution in [-0.2, 0) is 14.3 Å². The van der Waals surface area contributed by atoms with Crippen molar-refractivity contribution in [2.45, 2.75) is 65.7 Å². The molecule has 0 spiro atoms. The molecule has 0 aromatic heterocycles. The molecule has 0 amide bonds. The molecule has 2 unspecified atom stereocenters. The predicted molar refractivity (Wildman–Crippen MR) is 87.3 cm³/mol. The van der Waals surface area contributed by atoms with Crippen molar-refractivity contribution < 1.29 is 14.3 Å². The molecule has 0 bridgehead atoms. The van der Waals surface area contributed by atoms with E-state index in [1.54, 1.807) is 7.05 Å². The van der Waals surface area contributed by atoms with Gasteiger partial charge < -0.3 is 14.8 Å². The van der Waals surface area contributed by atoms with E-state index in [1.807, 2.05) is 46.8 Å². The lowest BCUT2D eigenvalue weighted by molar-refractivity contribution is -0.152. The molecule has 1 N–H and O–H groups in total. The number of allylic oxidation sites excluding steroid dienone is 3. The third-order valence-corrected chi connectivity index (χ3v) is 2.77. The highest BCUT2D eigenvalue weighted by Gasteiger charge is 2.28. The summed E-state index contributed by atoms with van der Waals surface area (Å²) in [6.07, 6.45) is 6.73. The van der Waals surface area contributed by atoms with Gasteiger partial charge >= 0.3 is 5.97 Å². The van der Waals surface area contributed by atoms with Crippen LogP contribution in [0.5, 0.6) is 0 Å². The van der Waals surface area contributed by atoms with Gasteiger partial charge in [-0.05, 0) is 53.7 Å². The summed E-state index contributed by atoms with van der Waals surface area (Å²) in [5, 5.41) is 2.97. The molecule has 21 heavy (non-hydrogen) atoms. The Labute approximate surface area is 129 Å². The zero-order chi connectivity index (χ0) is 16.5. The summed E-state index contributed by atoms with van der Waals surface area (Å²) in [6, 6.07) is -0.469. The number of carbonyl (C=O) groups is 1. The van der Waals surface area contributed by atoms with Gasteiger partial charge in [-0.2, -0.15) is 0 Å². The highest BCUT2D eigenvalue weighted by molar-refractivity contribution is 5.76. The maximum absolute atomic E-state index is 12.1. The lowest BCUT2D eigenvalue weighted by Gasteiger charge is -2.29. The first-order valence-corrected chi connectivity index (χ1v) is 7.55. The summed E-state index contributed by atoms with van der Waals surface area (Å²) in [4.78, 5) is 12.1. The van der Waals surface area contributed by atoms with E-state index >= 15 is 0 Å². The lowest BCUT2D eigenvalue weighted by atomic mass is 10.1. The van der Waals surface area contributed by atoms with E-state index in [-0.39, 0.29) is 17.7 Å². The molecule has 2 atom stereocenters. The topological polar surface area (TPSA) is 47.6 Å². The zero-order valence-electron chi connectivity index (χ0n) is 14.5. The van der Waals surface area contributed by atoms with Crippen LogP contribution >= 0.6 is 0 Å². The molecule has 0 fully saturated rings. The molecular weight excluding hydrogens is 266 g/mol. The molecule has 0 radical (unpaired) electrons. The Balaban J connectivity index is 4.46. The molecule has 4 heteroatoms. The third-order valence-electron chi connectivity index (χ3n) is 2.77. The van der Waals surface area contributed by atoms with Gasteiger partial charge in [0.2, 0.25) is 0 Å². The first kappa shape index (κ1) is 19.9. The number of nitrogens with one attached hydrogen (secondary N) is 1. The molecule has 0 aliphatic carbocycles. The highest BCUT2D eigenvalue weighted by atomic mass is 16.5. The second-order valence-corrected chi connectivity index (χ2v) is 6.16. The van der Waals surface area contributed by atoms with Crippen LogP contribution in [0.1, 0.15) is 48.0 Å². The quantitative estimate of drug-likeness (QED) is 0.552. The average molecular weight is 297 g/mol. The maximum atomic E-state index is 12.1. The lowest BCUT2D eigenvalue weighted by Crippen LogP contribution is -2.47. The van der Waals surface area contributed by atoms with E-state index in [2.05, 4.69) is 18.3 Å². The van der Waals surface area contributed by atoms with Crippen LogP contribution < -0.4 is 5.32 Å². The minimum atomic E-state index is -0.469. The number of carbonyl (C=O) groups excluding carboxylic acids is 1. The van der Waals surface area contributed by atoms with Gasteiger partial charge in [0.05, 0.1) is 11.7 Å². The molecule has 0 saturated carbocycles. The number of ether oxygens (including phenoxy) is 2. The monoisotopic (exact) mass is 297 g/mol. The molecular formula is C17H31NO3. The standard InChI is InChI=1S/C17H31NO3/c1-8-9-10-11-13(2)12-20-16(19)15(18-7)14(3)21-17(4,5)6/h9-11,14-15,18H,8,12H2,1-7H3/b10-9-,13-11+. The Morgan fingerprint density at radius 2 is 1.95 bits per heavy atom. The molecule has 122 valence electrons. The van der Waals surface area contributed by atoms with Crippen molar-refractivity contribution in [3.63, 3.8) is 0 Å². The van der Waals surface area contributed by atoms with Crippen molar-refractivity contribution in [1.29, 1.82) is 0 Å². The van der Waals surface area contributed by atoms with Crippen LogP contribution in [0.4, 0.5) is 0 Å². The molecule has 0 rings (SSSR count). The largest absolute Gasteiger partial charge is 0.460 e. The Morgan fingerprint density at radius 3 is 2.43 bits per heavy atom. The van der Waals surface area contributed by atoms with Crippen molar-refractivity contribution in [3.8, 4) is 0 Å². The number of rotatable bonds is 8. The number of likely N-dealkylation sites (N-methyl/N-ethyl adjacent to an activating group) is 1.